The second kappa shape index (κ2) is 7.88. The maximum Gasteiger partial charge on any atom is 0.341 e. The summed E-state index contributed by atoms with van der Waals surface area (Å²) in [6, 6.07) is 10.6. The van der Waals surface area contributed by atoms with Gasteiger partial charge in [-0.2, -0.15) is 0 Å². The van der Waals surface area contributed by atoms with Crippen LogP contribution < -0.4 is 15.1 Å². The van der Waals surface area contributed by atoms with Crippen LogP contribution >= 0.6 is 0 Å². The van der Waals surface area contributed by atoms with Gasteiger partial charge in [0.2, 0.25) is 5.43 Å². The lowest BCUT2D eigenvalue weighted by Gasteiger charge is -2.40. The number of pyridine rings is 1. The van der Waals surface area contributed by atoms with Crippen molar-refractivity contribution >= 4 is 22.6 Å². The maximum atomic E-state index is 15.4. The Labute approximate surface area is 189 Å². The van der Waals surface area contributed by atoms with Crippen molar-refractivity contribution in [1.82, 2.24) is 4.57 Å². The highest BCUT2D eigenvalue weighted by molar-refractivity contribution is 5.97. The van der Waals surface area contributed by atoms with Crippen molar-refractivity contribution in [3.8, 4) is 5.75 Å². The number of carbonyl (C=O) groups is 1. The number of hydrogen-bond acceptors (Lipinski definition) is 5. The molecule has 0 bridgehead atoms. The number of ether oxygens (including phenoxy) is 1. The molecule has 0 amide bonds. The molecule has 2 heterocycles. The number of anilines is 1. The van der Waals surface area contributed by atoms with Crippen molar-refractivity contribution in [3.63, 3.8) is 0 Å². The molecule has 2 N–H and O–H groups in total. The van der Waals surface area contributed by atoms with Gasteiger partial charge < -0.3 is 24.4 Å². The van der Waals surface area contributed by atoms with E-state index in [4.69, 9.17) is 4.74 Å². The molecule has 33 heavy (non-hydrogen) atoms. The van der Waals surface area contributed by atoms with Crippen LogP contribution in [0.5, 0.6) is 5.75 Å². The molecule has 2 aromatic carbocycles. The van der Waals surface area contributed by atoms with E-state index in [2.05, 4.69) is 0 Å². The van der Waals surface area contributed by atoms with Gasteiger partial charge in [0.05, 0.1) is 23.6 Å². The molecule has 1 saturated carbocycles. The minimum Gasteiger partial charge on any atom is -0.492 e. The Kier molecular flexibility index (Phi) is 5.12. The molecule has 8 heteroatoms. The van der Waals surface area contributed by atoms with Gasteiger partial charge in [-0.3, -0.25) is 4.79 Å². The number of nitrogens with zero attached hydrogens (tertiary/aromatic N) is 2. The summed E-state index contributed by atoms with van der Waals surface area (Å²) in [4.78, 5) is 26.3. The van der Waals surface area contributed by atoms with Crippen LogP contribution in [0.4, 0.5) is 10.1 Å². The molecule has 3 aromatic rings. The van der Waals surface area contributed by atoms with Crippen molar-refractivity contribution in [3.05, 3.63) is 69.8 Å². The molecule has 0 unspecified atom stereocenters. The SMILES string of the molecule is COc1c(N2CCC(O)(c3ccccc3)CC2)c(F)cc2c(=O)c(C(=O)O)cn(C3CC3)c12. The van der Waals surface area contributed by atoms with Crippen LogP contribution in [0.25, 0.3) is 10.9 Å². The normalized spacial score (nSPS) is 17.8. The third-order valence-electron chi connectivity index (χ3n) is 6.79. The summed E-state index contributed by atoms with van der Waals surface area (Å²) in [6.07, 6.45) is 3.86. The lowest BCUT2D eigenvalue weighted by molar-refractivity contribution is 0.0116. The zero-order valence-corrected chi connectivity index (χ0v) is 18.3. The lowest BCUT2D eigenvalue weighted by Crippen LogP contribution is -2.43. The Morgan fingerprint density at radius 2 is 1.85 bits per heavy atom. The Hall–Kier alpha value is -3.39. The van der Waals surface area contributed by atoms with E-state index in [-0.39, 0.29) is 28.4 Å². The molecule has 1 saturated heterocycles. The van der Waals surface area contributed by atoms with Crippen LogP contribution in [-0.4, -0.2) is 40.9 Å². The van der Waals surface area contributed by atoms with Crippen LogP contribution in [-0.2, 0) is 5.60 Å². The summed E-state index contributed by atoms with van der Waals surface area (Å²) < 4.78 is 22.8. The van der Waals surface area contributed by atoms with Gasteiger partial charge in [0, 0.05) is 25.3 Å². The topological polar surface area (TPSA) is 92.0 Å². The number of fused-ring (bicyclic) bond motifs is 1. The van der Waals surface area contributed by atoms with Crippen LogP contribution in [0.1, 0.15) is 47.6 Å². The van der Waals surface area contributed by atoms with Crippen LogP contribution in [0.2, 0.25) is 0 Å². The van der Waals surface area contributed by atoms with E-state index in [1.807, 2.05) is 35.2 Å². The molecule has 172 valence electrons. The average molecular weight is 452 g/mol. The van der Waals surface area contributed by atoms with Gasteiger partial charge in [-0.1, -0.05) is 30.3 Å². The molecule has 0 atom stereocenters. The van der Waals surface area contributed by atoms with Crippen molar-refractivity contribution in [2.45, 2.75) is 37.3 Å². The Morgan fingerprint density at radius 3 is 2.42 bits per heavy atom. The fraction of sp³-hybridized carbons (Fsp3) is 0.360. The van der Waals surface area contributed by atoms with E-state index < -0.39 is 22.8 Å². The molecule has 5 rings (SSSR count). The Morgan fingerprint density at radius 1 is 1.18 bits per heavy atom. The average Bonchev–Trinajstić information content (AvgIpc) is 3.65. The lowest BCUT2D eigenvalue weighted by atomic mass is 9.84. The number of carboxylic acid groups (broad SMARTS) is 1. The third-order valence-corrected chi connectivity index (χ3v) is 6.79. The smallest absolute Gasteiger partial charge is 0.341 e. The summed E-state index contributed by atoms with van der Waals surface area (Å²) in [5.74, 6) is -1.77. The van der Waals surface area contributed by atoms with Gasteiger partial charge in [0.1, 0.15) is 11.3 Å². The largest absolute Gasteiger partial charge is 0.492 e. The molecular weight excluding hydrogens is 427 g/mol. The molecule has 1 aliphatic carbocycles. The highest BCUT2D eigenvalue weighted by atomic mass is 19.1. The third kappa shape index (κ3) is 3.54. The van der Waals surface area contributed by atoms with E-state index in [1.54, 1.807) is 4.57 Å². The Bertz CT molecular complexity index is 1290. The molecular formula is C25H25FN2O5. The number of piperidine rings is 1. The number of halogens is 1. The first-order valence-electron chi connectivity index (χ1n) is 11.1. The molecule has 1 aliphatic heterocycles. The predicted molar refractivity (Wildman–Crippen MR) is 122 cm³/mol. The summed E-state index contributed by atoms with van der Waals surface area (Å²) in [6.45, 7) is 0.788. The minimum atomic E-state index is -1.34. The summed E-state index contributed by atoms with van der Waals surface area (Å²) in [5.41, 5.74) is -0.624. The summed E-state index contributed by atoms with van der Waals surface area (Å²) >= 11 is 0. The zero-order chi connectivity index (χ0) is 23.3. The van der Waals surface area contributed by atoms with E-state index in [9.17, 15) is 19.8 Å². The molecule has 0 spiro atoms. The highest BCUT2D eigenvalue weighted by Gasteiger charge is 2.37. The second-order valence-electron chi connectivity index (χ2n) is 8.84. The molecule has 2 fully saturated rings. The van der Waals surface area contributed by atoms with E-state index in [0.717, 1.165) is 24.5 Å². The van der Waals surface area contributed by atoms with Gasteiger partial charge in [0.25, 0.3) is 0 Å². The predicted octanol–water partition coefficient (Wildman–Crippen LogP) is 3.67. The fourth-order valence-corrected chi connectivity index (χ4v) is 4.86. The van der Waals surface area contributed by atoms with Gasteiger partial charge in [-0.05, 0) is 37.3 Å². The monoisotopic (exact) mass is 452 g/mol. The number of aromatic nitrogens is 1. The van der Waals surface area contributed by atoms with Crippen molar-refractivity contribution < 1.29 is 24.1 Å². The Balaban J connectivity index is 1.61. The molecule has 0 radical (unpaired) electrons. The molecule has 2 aliphatic rings. The highest BCUT2D eigenvalue weighted by Crippen LogP contribution is 2.45. The van der Waals surface area contributed by atoms with Crippen molar-refractivity contribution in [2.75, 3.05) is 25.1 Å². The second-order valence-corrected chi connectivity index (χ2v) is 8.84. The van der Waals surface area contributed by atoms with E-state index in [0.29, 0.717) is 31.4 Å². The first-order valence-corrected chi connectivity index (χ1v) is 11.1. The molecule has 1 aromatic heterocycles. The number of aliphatic hydroxyl groups is 1. The standard InChI is InChI=1S/C25H25FN2O5/c1-33-23-20-17(22(29)18(24(30)31)14-28(20)16-7-8-16)13-19(26)21(23)27-11-9-25(32,10-12-27)15-5-3-2-4-6-15/h2-6,13-14,16,32H,7-12H2,1H3,(H,30,31). The van der Waals surface area contributed by atoms with Crippen LogP contribution in [0.3, 0.4) is 0 Å². The summed E-state index contributed by atoms with van der Waals surface area (Å²) in [7, 11) is 1.43. The number of methoxy groups -OCH3 is 1. The van der Waals surface area contributed by atoms with Crippen LogP contribution in [0, 0.1) is 5.82 Å². The number of carboxylic acids is 1. The molecule has 7 nitrogen and oxygen atoms in total. The van der Waals surface area contributed by atoms with Gasteiger partial charge in [-0.25, -0.2) is 9.18 Å². The minimum absolute atomic E-state index is 0.00213. The van der Waals surface area contributed by atoms with Gasteiger partial charge >= 0.3 is 5.97 Å². The maximum absolute atomic E-state index is 15.4. The number of hydrogen-bond donors (Lipinski definition) is 2. The first kappa shape index (κ1) is 21.5. The summed E-state index contributed by atoms with van der Waals surface area (Å²) in [5, 5.41) is 20.6. The van der Waals surface area contributed by atoms with Gasteiger partial charge in [0.15, 0.2) is 11.6 Å². The van der Waals surface area contributed by atoms with E-state index in [1.165, 1.54) is 13.3 Å². The quantitative estimate of drug-likeness (QED) is 0.614. The van der Waals surface area contributed by atoms with Crippen molar-refractivity contribution in [1.29, 1.82) is 0 Å². The fourth-order valence-electron chi connectivity index (χ4n) is 4.86. The number of rotatable bonds is 5. The van der Waals surface area contributed by atoms with Gasteiger partial charge in [-0.15, -0.1) is 0 Å². The van der Waals surface area contributed by atoms with Crippen LogP contribution in [0.15, 0.2) is 47.4 Å². The van der Waals surface area contributed by atoms with E-state index >= 15 is 4.39 Å². The number of aromatic carboxylic acids is 1. The zero-order valence-electron chi connectivity index (χ0n) is 18.3. The van der Waals surface area contributed by atoms with Crippen molar-refractivity contribution in [2.24, 2.45) is 0 Å². The first-order chi connectivity index (χ1) is 15.8. The number of benzene rings is 2.